The van der Waals surface area contributed by atoms with Crippen LogP contribution in [0.5, 0.6) is 0 Å². The van der Waals surface area contributed by atoms with Crippen LogP contribution in [-0.2, 0) is 25.7 Å². The van der Waals surface area contributed by atoms with Crippen LogP contribution >= 0.6 is 12.6 Å². The van der Waals surface area contributed by atoms with E-state index < -0.39 is 17.9 Å². The summed E-state index contributed by atoms with van der Waals surface area (Å²) in [4.78, 5) is 48.8. The van der Waals surface area contributed by atoms with Crippen molar-refractivity contribution in [2.24, 2.45) is 5.92 Å². The number of amides is 2. The van der Waals surface area contributed by atoms with Crippen LogP contribution in [0.3, 0.4) is 0 Å². The third-order valence-corrected chi connectivity index (χ3v) is 4.91. The van der Waals surface area contributed by atoms with Gasteiger partial charge in [-0.2, -0.15) is 12.6 Å². The third kappa shape index (κ3) is 13.0. The van der Waals surface area contributed by atoms with Crippen LogP contribution < -0.4 is 11.1 Å². The summed E-state index contributed by atoms with van der Waals surface area (Å²) in [5, 5.41) is 2.70. The van der Waals surface area contributed by atoms with Crippen molar-refractivity contribution < 1.29 is 32.7 Å². The number of carbonyl (C=O) groups excluding carboxylic acids is 3. The van der Waals surface area contributed by atoms with Crippen molar-refractivity contribution in [2.45, 2.75) is 65.9 Å². The molecular weight excluding hydrogens is 452 g/mol. The Morgan fingerprint density at radius 3 is 2.39 bits per heavy atom. The summed E-state index contributed by atoms with van der Waals surface area (Å²) >= 11 is 4.19. The van der Waals surface area contributed by atoms with E-state index in [1.807, 2.05) is 13.8 Å². The molecule has 0 radical (unpaired) electrons. The van der Waals surface area contributed by atoms with Crippen molar-refractivity contribution in [3.63, 3.8) is 0 Å². The molecule has 0 saturated carbocycles. The lowest BCUT2D eigenvalue weighted by Crippen LogP contribution is -2.39. The maximum atomic E-state index is 12.5. The van der Waals surface area contributed by atoms with E-state index in [0.29, 0.717) is 13.2 Å². The molecule has 2 amide bonds. The number of esters is 1. The molecule has 0 aliphatic heterocycles. The summed E-state index contributed by atoms with van der Waals surface area (Å²) in [6, 6.07) is 0. The fourth-order valence-corrected chi connectivity index (χ4v) is 2.98. The summed E-state index contributed by atoms with van der Waals surface area (Å²) in [7, 11) is 0. The first-order valence-electron chi connectivity index (χ1n) is 11.3. The topological polar surface area (TPSA) is 128 Å². The second-order valence-electron chi connectivity index (χ2n) is 8.04. The van der Waals surface area contributed by atoms with Gasteiger partial charge in [0.1, 0.15) is 0 Å². The zero-order valence-corrected chi connectivity index (χ0v) is 20.6. The second-order valence-corrected chi connectivity index (χ2v) is 8.49. The molecule has 0 atom stereocenters. The molecular formula is C22H36N2O8S. The van der Waals surface area contributed by atoms with Crippen LogP contribution in [0.4, 0.5) is 4.79 Å². The first kappa shape index (κ1) is 28.6. The van der Waals surface area contributed by atoms with Gasteiger partial charge in [-0.1, -0.05) is 26.7 Å². The number of nitrogens with zero attached hydrogens (tertiary/aromatic N) is 1. The van der Waals surface area contributed by atoms with Gasteiger partial charge in [0.2, 0.25) is 5.91 Å². The molecule has 188 valence electrons. The SMILES string of the molecule is Cc1oc(=O)oc1COC(=O)N(CCCCCCS)CCNC(=O)CCC(=O)OCC(C)C. The van der Waals surface area contributed by atoms with Gasteiger partial charge in [-0.05, 0) is 31.4 Å². The molecule has 10 nitrogen and oxygen atoms in total. The summed E-state index contributed by atoms with van der Waals surface area (Å²) in [5.74, 6) is -0.0981. The molecule has 0 aliphatic carbocycles. The Hall–Kier alpha value is -2.43. The number of hydrogen-bond acceptors (Lipinski definition) is 9. The summed E-state index contributed by atoms with van der Waals surface area (Å²) < 4.78 is 19.9. The van der Waals surface area contributed by atoms with Crippen LogP contribution in [0.1, 0.15) is 63.9 Å². The van der Waals surface area contributed by atoms with E-state index in [1.165, 1.54) is 4.90 Å². The number of carbonyl (C=O) groups is 3. The minimum Gasteiger partial charge on any atom is -0.465 e. The molecule has 1 rings (SSSR count). The zero-order valence-electron chi connectivity index (χ0n) is 19.7. The predicted octanol–water partition coefficient (Wildman–Crippen LogP) is 3.07. The van der Waals surface area contributed by atoms with Crippen LogP contribution in [0, 0.1) is 12.8 Å². The van der Waals surface area contributed by atoms with Gasteiger partial charge in [-0.15, -0.1) is 0 Å². The lowest BCUT2D eigenvalue weighted by Gasteiger charge is -2.22. The highest BCUT2D eigenvalue weighted by molar-refractivity contribution is 7.80. The van der Waals surface area contributed by atoms with Crippen molar-refractivity contribution in [1.29, 1.82) is 0 Å². The second kappa shape index (κ2) is 16.2. The van der Waals surface area contributed by atoms with Gasteiger partial charge in [-0.25, -0.2) is 9.59 Å². The Labute approximate surface area is 199 Å². The monoisotopic (exact) mass is 488 g/mol. The standard InChI is InChI=1S/C22H36N2O8S/c1-16(2)14-29-20(26)9-8-19(25)23-10-12-24(11-6-4-5-7-13-33)21(27)30-15-18-17(3)31-22(28)32-18/h16,33H,4-15H2,1-3H3,(H,23,25). The molecule has 1 N–H and O–H groups in total. The van der Waals surface area contributed by atoms with E-state index in [0.717, 1.165) is 31.4 Å². The van der Waals surface area contributed by atoms with Crippen molar-refractivity contribution in [1.82, 2.24) is 10.2 Å². The van der Waals surface area contributed by atoms with Crippen LogP contribution in [0.2, 0.25) is 0 Å². The Bertz CT molecular complexity index is 790. The number of aryl methyl sites for hydroxylation is 1. The van der Waals surface area contributed by atoms with Gasteiger partial charge in [0, 0.05) is 26.1 Å². The first-order chi connectivity index (χ1) is 15.7. The number of ether oxygens (including phenoxy) is 2. The van der Waals surface area contributed by atoms with E-state index >= 15 is 0 Å². The lowest BCUT2D eigenvalue weighted by molar-refractivity contribution is -0.146. The fourth-order valence-electron chi connectivity index (χ4n) is 2.75. The van der Waals surface area contributed by atoms with Crippen molar-refractivity contribution in [3.05, 3.63) is 22.1 Å². The molecule has 0 fully saturated rings. The molecule has 0 saturated heterocycles. The Balaban J connectivity index is 2.46. The predicted molar refractivity (Wildman–Crippen MR) is 124 cm³/mol. The van der Waals surface area contributed by atoms with E-state index in [2.05, 4.69) is 17.9 Å². The average Bonchev–Trinajstić information content (AvgIpc) is 3.09. The highest BCUT2D eigenvalue weighted by atomic mass is 32.1. The molecule has 0 unspecified atom stereocenters. The molecule has 0 aromatic carbocycles. The Kier molecular flexibility index (Phi) is 14.1. The van der Waals surface area contributed by atoms with Crippen molar-refractivity contribution in [3.8, 4) is 0 Å². The van der Waals surface area contributed by atoms with Crippen LogP contribution in [0.15, 0.2) is 13.6 Å². The summed E-state index contributed by atoms with van der Waals surface area (Å²) in [6.45, 7) is 6.42. The number of hydrogen-bond donors (Lipinski definition) is 2. The van der Waals surface area contributed by atoms with Gasteiger partial charge < -0.3 is 28.5 Å². The number of unbranched alkanes of at least 4 members (excludes halogenated alkanes) is 3. The Morgan fingerprint density at radius 1 is 1.03 bits per heavy atom. The van der Waals surface area contributed by atoms with E-state index in [4.69, 9.17) is 18.3 Å². The molecule has 0 spiro atoms. The Morgan fingerprint density at radius 2 is 1.76 bits per heavy atom. The van der Waals surface area contributed by atoms with Gasteiger partial charge in [0.15, 0.2) is 18.1 Å². The van der Waals surface area contributed by atoms with E-state index in [1.54, 1.807) is 6.92 Å². The number of nitrogens with one attached hydrogen (secondary N) is 1. The van der Waals surface area contributed by atoms with Gasteiger partial charge in [0.05, 0.1) is 13.0 Å². The summed E-state index contributed by atoms with van der Waals surface area (Å²) in [6.07, 6.45) is 3.16. The van der Waals surface area contributed by atoms with Gasteiger partial charge in [0.25, 0.3) is 0 Å². The number of rotatable bonds is 16. The van der Waals surface area contributed by atoms with E-state index in [9.17, 15) is 19.2 Å². The molecule has 11 heteroatoms. The van der Waals surface area contributed by atoms with E-state index in [-0.39, 0.29) is 55.9 Å². The maximum absolute atomic E-state index is 12.5. The quantitative estimate of drug-likeness (QED) is 0.206. The van der Waals surface area contributed by atoms with Crippen LogP contribution in [-0.4, -0.2) is 54.9 Å². The minimum absolute atomic E-state index is 0.00467. The molecule has 0 bridgehead atoms. The van der Waals surface area contributed by atoms with Gasteiger partial charge >= 0.3 is 17.9 Å². The van der Waals surface area contributed by atoms with Gasteiger partial charge in [-0.3, -0.25) is 9.59 Å². The van der Waals surface area contributed by atoms with Crippen molar-refractivity contribution in [2.75, 3.05) is 32.0 Å². The van der Waals surface area contributed by atoms with Crippen LogP contribution in [0.25, 0.3) is 0 Å². The summed E-state index contributed by atoms with van der Waals surface area (Å²) in [5.41, 5.74) is 0. The smallest absolute Gasteiger partial charge is 0.465 e. The lowest BCUT2D eigenvalue weighted by atomic mass is 10.2. The maximum Gasteiger partial charge on any atom is 0.519 e. The molecule has 33 heavy (non-hydrogen) atoms. The zero-order chi connectivity index (χ0) is 24.6. The molecule has 1 aromatic heterocycles. The average molecular weight is 489 g/mol. The fraction of sp³-hybridized carbons (Fsp3) is 0.727. The largest absolute Gasteiger partial charge is 0.519 e. The number of thiol groups is 1. The molecule has 0 aliphatic rings. The highest BCUT2D eigenvalue weighted by Crippen LogP contribution is 2.09. The minimum atomic E-state index is -0.851. The normalized spacial score (nSPS) is 10.8. The molecule has 1 heterocycles. The third-order valence-electron chi connectivity index (χ3n) is 4.59. The highest BCUT2D eigenvalue weighted by Gasteiger charge is 2.18. The van der Waals surface area contributed by atoms with Crippen molar-refractivity contribution >= 4 is 30.6 Å². The first-order valence-corrected chi connectivity index (χ1v) is 11.9. The molecule has 1 aromatic rings.